The van der Waals surface area contributed by atoms with Crippen LogP contribution in [0.25, 0.3) is 0 Å². The highest BCUT2D eigenvalue weighted by Crippen LogP contribution is 2.19. The number of hydrogen-bond acceptors (Lipinski definition) is 3. The Kier molecular flexibility index (Phi) is 4.03. The summed E-state index contributed by atoms with van der Waals surface area (Å²) in [6.45, 7) is 1.72. The van der Waals surface area contributed by atoms with Gasteiger partial charge in [0.15, 0.2) is 0 Å². The number of hydrogen-bond donors (Lipinski definition) is 2. The van der Waals surface area contributed by atoms with Gasteiger partial charge >= 0.3 is 5.97 Å². The number of carboxylic acid groups (broad SMARTS) is 1. The van der Waals surface area contributed by atoms with Crippen LogP contribution in [0.1, 0.15) is 29.2 Å². The molecule has 0 spiro atoms. The second kappa shape index (κ2) is 5.29. The number of nitriles is 1. The largest absolute Gasteiger partial charge is 0.481 e. The molecule has 1 aromatic rings. The molecular formula is C12H13NO3. The van der Waals surface area contributed by atoms with Crippen LogP contribution in [-0.2, 0) is 24.2 Å². The molecule has 0 unspecified atom stereocenters. The normalized spacial score (nSPS) is 9.81. The van der Waals surface area contributed by atoms with E-state index in [1.54, 1.807) is 12.1 Å². The molecule has 0 aliphatic rings. The van der Waals surface area contributed by atoms with Crippen LogP contribution in [0, 0.1) is 11.3 Å². The Bertz CT molecular complexity index is 446. The summed E-state index contributed by atoms with van der Waals surface area (Å²) in [7, 11) is 0. The summed E-state index contributed by atoms with van der Waals surface area (Å²) in [4.78, 5) is 10.7. The van der Waals surface area contributed by atoms with Gasteiger partial charge < -0.3 is 10.2 Å². The summed E-state index contributed by atoms with van der Waals surface area (Å²) in [5, 5.41) is 26.7. The first-order valence-corrected chi connectivity index (χ1v) is 4.99. The van der Waals surface area contributed by atoms with E-state index in [2.05, 4.69) is 0 Å². The lowest BCUT2D eigenvalue weighted by molar-refractivity contribution is -0.136. The minimum atomic E-state index is -0.936. The maximum absolute atomic E-state index is 10.7. The SMILES string of the molecule is CCc1c(CO)cc(C#N)cc1CC(=O)O. The zero-order chi connectivity index (χ0) is 12.1. The molecule has 0 radical (unpaired) electrons. The quantitative estimate of drug-likeness (QED) is 0.798. The van der Waals surface area contributed by atoms with Crippen molar-refractivity contribution in [2.45, 2.75) is 26.4 Å². The van der Waals surface area contributed by atoms with Crippen LogP contribution in [0.15, 0.2) is 12.1 Å². The summed E-state index contributed by atoms with van der Waals surface area (Å²) in [6.07, 6.45) is 0.524. The molecule has 0 saturated heterocycles. The Hall–Kier alpha value is -1.86. The summed E-state index contributed by atoms with van der Waals surface area (Å²) in [5.74, 6) is -0.936. The molecule has 1 aromatic carbocycles. The van der Waals surface area contributed by atoms with E-state index in [-0.39, 0.29) is 13.0 Å². The highest BCUT2D eigenvalue weighted by molar-refractivity contribution is 5.71. The Morgan fingerprint density at radius 2 is 2.06 bits per heavy atom. The molecule has 0 amide bonds. The topological polar surface area (TPSA) is 81.3 Å². The lowest BCUT2D eigenvalue weighted by Crippen LogP contribution is -2.06. The number of nitrogens with zero attached hydrogens (tertiary/aromatic N) is 1. The Morgan fingerprint density at radius 1 is 1.44 bits per heavy atom. The molecule has 0 saturated carbocycles. The standard InChI is InChI=1S/C12H13NO3/c1-2-11-9(5-12(15)16)3-8(6-13)4-10(11)7-14/h3-4,14H,2,5,7H2,1H3,(H,15,16). The molecule has 2 N–H and O–H groups in total. The molecule has 4 heteroatoms. The molecular weight excluding hydrogens is 206 g/mol. The molecule has 4 nitrogen and oxygen atoms in total. The molecule has 0 aliphatic heterocycles. The number of aliphatic hydroxyl groups is 1. The summed E-state index contributed by atoms with van der Waals surface area (Å²) >= 11 is 0. The van der Waals surface area contributed by atoms with E-state index in [0.717, 1.165) is 5.56 Å². The van der Waals surface area contributed by atoms with Gasteiger partial charge in [0, 0.05) is 0 Å². The van der Waals surface area contributed by atoms with Gasteiger partial charge in [0.1, 0.15) is 0 Å². The molecule has 1 rings (SSSR count). The van der Waals surface area contributed by atoms with Crippen molar-refractivity contribution < 1.29 is 15.0 Å². The van der Waals surface area contributed by atoms with E-state index in [1.807, 2.05) is 13.0 Å². The second-order valence-electron chi connectivity index (χ2n) is 3.47. The Balaban J connectivity index is 3.32. The van der Waals surface area contributed by atoms with Gasteiger partial charge in [-0.3, -0.25) is 4.79 Å². The van der Waals surface area contributed by atoms with Crippen molar-refractivity contribution in [3.63, 3.8) is 0 Å². The minimum Gasteiger partial charge on any atom is -0.481 e. The highest BCUT2D eigenvalue weighted by atomic mass is 16.4. The number of benzene rings is 1. The van der Waals surface area contributed by atoms with Crippen molar-refractivity contribution in [1.82, 2.24) is 0 Å². The van der Waals surface area contributed by atoms with Crippen LogP contribution in [-0.4, -0.2) is 16.2 Å². The van der Waals surface area contributed by atoms with Crippen LogP contribution in [0.5, 0.6) is 0 Å². The van der Waals surface area contributed by atoms with Gasteiger partial charge in [-0.05, 0) is 35.2 Å². The average molecular weight is 219 g/mol. The first-order valence-electron chi connectivity index (χ1n) is 4.99. The van der Waals surface area contributed by atoms with Gasteiger partial charge in [-0.25, -0.2) is 0 Å². The van der Waals surface area contributed by atoms with Gasteiger partial charge in [-0.1, -0.05) is 6.92 Å². The van der Waals surface area contributed by atoms with Gasteiger partial charge in [-0.2, -0.15) is 5.26 Å². The van der Waals surface area contributed by atoms with Crippen molar-refractivity contribution in [3.05, 3.63) is 34.4 Å². The first kappa shape index (κ1) is 12.2. The van der Waals surface area contributed by atoms with Gasteiger partial charge in [0.2, 0.25) is 0 Å². The molecule has 0 aromatic heterocycles. The first-order chi connectivity index (χ1) is 7.62. The van der Waals surface area contributed by atoms with Crippen molar-refractivity contribution in [2.24, 2.45) is 0 Å². The molecule has 0 aliphatic carbocycles. The zero-order valence-corrected chi connectivity index (χ0v) is 9.03. The fourth-order valence-electron chi connectivity index (χ4n) is 1.78. The predicted octanol–water partition coefficient (Wildman–Crippen LogP) is 1.24. The lowest BCUT2D eigenvalue weighted by Gasteiger charge is -2.11. The maximum atomic E-state index is 10.7. The van der Waals surface area contributed by atoms with Gasteiger partial charge in [0.25, 0.3) is 0 Å². The van der Waals surface area contributed by atoms with Crippen molar-refractivity contribution in [3.8, 4) is 6.07 Å². The molecule has 84 valence electrons. The molecule has 0 fully saturated rings. The van der Waals surface area contributed by atoms with Gasteiger partial charge in [0.05, 0.1) is 24.7 Å². The van der Waals surface area contributed by atoms with Crippen LogP contribution in [0.4, 0.5) is 0 Å². The number of aliphatic hydroxyl groups excluding tert-OH is 1. The minimum absolute atomic E-state index is 0.119. The fraction of sp³-hybridized carbons (Fsp3) is 0.333. The summed E-state index contributed by atoms with van der Waals surface area (Å²) in [5.41, 5.74) is 2.46. The van der Waals surface area contributed by atoms with Crippen molar-refractivity contribution in [1.29, 1.82) is 5.26 Å². The number of aliphatic carboxylic acids is 1. The van der Waals surface area contributed by atoms with E-state index >= 15 is 0 Å². The van der Waals surface area contributed by atoms with E-state index in [9.17, 15) is 9.90 Å². The van der Waals surface area contributed by atoms with Crippen molar-refractivity contribution >= 4 is 5.97 Å². The number of carbonyl (C=O) groups is 1. The highest BCUT2D eigenvalue weighted by Gasteiger charge is 2.11. The fourth-order valence-corrected chi connectivity index (χ4v) is 1.78. The summed E-state index contributed by atoms with van der Waals surface area (Å²) in [6, 6.07) is 5.14. The third-order valence-corrected chi connectivity index (χ3v) is 2.43. The molecule has 0 bridgehead atoms. The zero-order valence-electron chi connectivity index (χ0n) is 9.03. The Morgan fingerprint density at radius 3 is 2.50 bits per heavy atom. The number of rotatable bonds is 4. The average Bonchev–Trinajstić information content (AvgIpc) is 2.27. The van der Waals surface area contributed by atoms with Gasteiger partial charge in [-0.15, -0.1) is 0 Å². The van der Waals surface area contributed by atoms with E-state index in [4.69, 9.17) is 10.4 Å². The van der Waals surface area contributed by atoms with Crippen molar-refractivity contribution in [2.75, 3.05) is 0 Å². The molecule has 0 atom stereocenters. The van der Waals surface area contributed by atoms with E-state index < -0.39 is 5.97 Å². The predicted molar refractivity (Wildman–Crippen MR) is 57.8 cm³/mol. The lowest BCUT2D eigenvalue weighted by atomic mass is 9.94. The second-order valence-corrected chi connectivity index (χ2v) is 3.47. The number of carboxylic acids is 1. The molecule has 0 heterocycles. The van der Waals surface area contributed by atoms with Crippen LogP contribution >= 0.6 is 0 Å². The maximum Gasteiger partial charge on any atom is 0.307 e. The van der Waals surface area contributed by atoms with E-state index in [0.29, 0.717) is 23.1 Å². The monoisotopic (exact) mass is 219 g/mol. The van der Waals surface area contributed by atoms with Crippen LogP contribution < -0.4 is 0 Å². The van der Waals surface area contributed by atoms with Crippen LogP contribution in [0.3, 0.4) is 0 Å². The summed E-state index contributed by atoms with van der Waals surface area (Å²) < 4.78 is 0. The smallest absolute Gasteiger partial charge is 0.307 e. The third-order valence-electron chi connectivity index (χ3n) is 2.43. The van der Waals surface area contributed by atoms with E-state index in [1.165, 1.54) is 0 Å². The van der Waals surface area contributed by atoms with Crippen LogP contribution in [0.2, 0.25) is 0 Å². The molecule has 16 heavy (non-hydrogen) atoms. The Labute approximate surface area is 93.8 Å². The third kappa shape index (κ3) is 2.59.